The third kappa shape index (κ3) is 4.93. The summed E-state index contributed by atoms with van der Waals surface area (Å²) in [5.74, 6) is -1.14. The van der Waals surface area contributed by atoms with Crippen LogP contribution in [0.25, 0.3) is 0 Å². The zero-order chi connectivity index (χ0) is 20.0. The van der Waals surface area contributed by atoms with Crippen LogP contribution in [0.5, 0.6) is 0 Å². The van der Waals surface area contributed by atoms with Gasteiger partial charge in [0.05, 0.1) is 10.5 Å². The molecule has 0 fully saturated rings. The molecule has 0 unspecified atom stereocenters. The minimum absolute atomic E-state index is 0.0498. The van der Waals surface area contributed by atoms with Gasteiger partial charge < -0.3 is 9.64 Å². The summed E-state index contributed by atoms with van der Waals surface area (Å²) in [6.07, 6.45) is -1.03. The molecule has 27 heavy (non-hydrogen) atoms. The van der Waals surface area contributed by atoms with Gasteiger partial charge >= 0.3 is 5.97 Å². The van der Waals surface area contributed by atoms with E-state index < -0.39 is 22.1 Å². The van der Waals surface area contributed by atoms with Gasteiger partial charge in [-0.15, -0.1) is 0 Å². The van der Waals surface area contributed by atoms with Gasteiger partial charge in [-0.05, 0) is 51.2 Å². The lowest BCUT2D eigenvalue weighted by Gasteiger charge is -2.24. The van der Waals surface area contributed by atoms with Gasteiger partial charge in [-0.2, -0.15) is 0 Å². The van der Waals surface area contributed by atoms with Crippen LogP contribution in [-0.2, 0) is 19.6 Å². The first-order valence-electron chi connectivity index (χ1n) is 8.41. The maximum absolute atomic E-state index is 12.7. The number of rotatable bonds is 7. The van der Waals surface area contributed by atoms with Crippen LogP contribution in [0.4, 0.5) is 5.69 Å². The summed E-state index contributed by atoms with van der Waals surface area (Å²) in [4.78, 5) is 26.5. The van der Waals surface area contributed by atoms with E-state index in [4.69, 9.17) is 4.74 Å². The molecule has 2 aromatic carbocycles. The third-order valence-corrected chi connectivity index (χ3v) is 5.34. The number of para-hydroxylation sites is 1. The van der Waals surface area contributed by atoms with E-state index in [1.807, 2.05) is 25.1 Å². The lowest BCUT2D eigenvalue weighted by atomic mass is 10.2. The van der Waals surface area contributed by atoms with Crippen LogP contribution >= 0.6 is 0 Å². The van der Waals surface area contributed by atoms with E-state index in [0.717, 1.165) is 0 Å². The van der Waals surface area contributed by atoms with Gasteiger partial charge in [-0.25, -0.2) is 17.9 Å². The highest BCUT2D eigenvalue weighted by molar-refractivity contribution is 7.89. The maximum Gasteiger partial charge on any atom is 0.338 e. The molecular formula is C19H22N2O5S. The van der Waals surface area contributed by atoms with Crippen LogP contribution in [0.1, 0.15) is 24.2 Å². The number of amides is 1. The summed E-state index contributed by atoms with van der Waals surface area (Å²) in [5, 5.41) is 0. The van der Waals surface area contributed by atoms with Gasteiger partial charge in [-0.1, -0.05) is 24.3 Å². The molecule has 0 aliphatic heterocycles. The Labute approximate surface area is 159 Å². The van der Waals surface area contributed by atoms with Crippen molar-refractivity contribution in [1.29, 1.82) is 0 Å². The fourth-order valence-corrected chi connectivity index (χ4v) is 3.26. The van der Waals surface area contributed by atoms with Crippen molar-refractivity contribution in [2.45, 2.75) is 24.8 Å². The van der Waals surface area contributed by atoms with Crippen LogP contribution in [0.2, 0.25) is 0 Å². The Morgan fingerprint density at radius 1 is 1.11 bits per heavy atom. The molecule has 0 aliphatic carbocycles. The molecule has 0 heterocycles. The Hall–Kier alpha value is -2.71. The Morgan fingerprint density at radius 3 is 2.37 bits per heavy atom. The second kappa shape index (κ2) is 8.79. The zero-order valence-electron chi connectivity index (χ0n) is 15.4. The molecule has 0 saturated carbocycles. The number of sulfonamides is 1. The van der Waals surface area contributed by atoms with Crippen LogP contribution in [-0.4, -0.2) is 40.0 Å². The Morgan fingerprint density at radius 2 is 1.78 bits per heavy atom. The third-order valence-electron chi connectivity index (χ3n) is 3.93. The van der Waals surface area contributed by atoms with Gasteiger partial charge in [0.25, 0.3) is 5.91 Å². The quantitative estimate of drug-likeness (QED) is 0.732. The first kappa shape index (κ1) is 20.6. The van der Waals surface area contributed by atoms with E-state index in [1.54, 1.807) is 12.1 Å². The lowest BCUT2D eigenvalue weighted by molar-refractivity contribution is -0.126. The molecule has 0 aliphatic rings. The van der Waals surface area contributed by atoms with E-state index in [9.17, 15) is 18.0 Å². The van der Waals surface area contributed by atoms with E-state index in [1.165, 1.54) is 43.1 Å². The number of nitrogens with zero attached hydrogens (tertiary/aromatic N) is 1. The normalized spacial score (nSPS) is 12.3. The average Bonchev–Trinajstić information content (AvgIpc) is 2.69. The zero-order valence-corrected chi connectivity index (χ0v) is 16.2. The minimum Gasteiger partial charge on any atom is -0.449 e. The molecule has 0 aromatic heterocycles. The van der Waals surface area contributed by atoms with E-state index in [0.29, 0.717) is 12.2 Å². The maximum atomic E-state index is 12.7. The van der Waals surface area contributed by atoms with E-state index in [-0.39, 0.29) is 16.4 Å². The number of hydrogen-bond donors (Lipinski definition) is 1. The molecule has 0 saturated heterocycles. The summed E-state index contributed by atoms with van der Waals surface area (Å²) >= 11 is 0. The van der Waals surface area contributed by atoms with Crippen molar-refractivity contribution >= 4 is 27.6 Å². The smallest absolute Gasteiger partial charge is 0.338 e. The first-order chi connectivity index (χ1) is 12.8. The topological polar surface area (TPSA) is 92.8 Å². The van der Waals surface area contributed by atoms with Crippen molar-refractivity contribution < 1.29 is 22.7 Å². The predicted molar refractivity (Wildman–Crippen MR) is 102 cm³/mol. The molecule has 0 spiro atoms. The summed E-state index contributed by atoms with van der Waals surface area (Å²) in [5.41, 5.74) is 0.753. The van der Waals surface area contributed by atoms with Gasteiger partial charge in [0, 0.05) is 12.2 Å². The number of hydrogen-bond acceptors (Lipinski definition) is 5. The Balaban J connectivity index is 2.15. The number of ether oxygens (including phenoxy) is 1. The molecule has 0 bridgehead atoms. The van der Waals surface area contributed by atoms with Gasteiger partial charge in [0.15, 0.2) is 6.10 Å². The molecule has 7 nitrogen and oxygen atoms in total. The molecule has 1 N–H and O–H groups in total. The lowest BCUT2D eigenvalue weighted by Crippen LogP contribution is -2.40. The minimum atomic E-state index is -3.69. The molecule has 0 radical (unpaired) electrons. The van der Waals surface area contributed by atoms with Crippen molar-refractivity contribution in [2.75, 3.05) is 18.5 Å². The van der Waals surface area contributed by atoms with Gasteiger partial charge in [-0.3, -0.25) is 4.79 Å². The summed E-state index contributed by atoms with van der Waals surface area (Å²) < 4.78 is 31.2. The second-order valence-corrected chi connectivity index (χ2v) is 7.59. The molecule has 2 rings (SSSR count). The Bertz CT molecular complexity index is 913. The largest absolute Gasteiger partial charge is 0.449 e. The molecule has 1 amide bonds. The van der Waals surface area contributed by atoms with Crippen molar-refractivity contribution in [3.63, 3.8) is 0 Å². The fraction of sp³-hybridized carbons (Fsp3) is 0.263. The fourth-order valence-electron chi connectivity index (χ4n) is 2.48. The molecular weight excluding hydrogens is 368 g/mol. The number of carbonyl (C=O) groups excluding carboxylic acids is 2. The number of anilines is 1. The van der Waals surface area contributed by atoms with Crippen molar-refractivity contribution in [3.05, 3.63) is 60.2 Å². The van der Waals surface area contributed by atoms with Crippen LogP contribution < -0.4 is 9.62 Å². The number of benzene rings is 2. The van der Waals surface area contributed by atoms with E-state index >= 15 is 0 Å². The monoisotopic (exact) mass is 390 g/mol. The molecule has 1 atom stereocenters. The van der Waals surface area contributed by atoms with Crippen molar-refractivity contribution in [1.82, 2.24) is 4.72 Å². The van der Waals surface area contributed by atoms with E-state index in [2.05, 4.69) is 4.72 Å². The summed E-state index contributed by atoms with van der Waals surface area (Å²) in [6, 6.07) is 14.5. The SMILES string of the molecule is CCN(C(=O)[C@H](C)OC(=O)c1cccc(S(=O)(=O)NC)c1)c1ccccc1. The van der Waals surface area contributed by atoms with Gasteiger partial charge in [0.2, 0.25) is 10.0 Å². The van der Waals surface area contributed by atoms with Crippen LogP contribution in [0.15, 0.2) is 59.5 Å². The number of likely N-dealkylation sites (N-methyl/N-ethyl adjacent to an activating group) is 1. The highest BCUT2D eigenvalue weighted by atomic mass is 32.2. The predicted octanol–water partition coefficient (Wildman–Crippen LogP) is 2.19. The number of carbonyl (C=O) groups is 2. The summed E-state index contributed by atoms with van der Waals surface area (Å²) in [6.45, 7) is 3.73. The number of esters is 1. The standard InChI is InChI=1S/C19H22N2O5S/c1-4-21(16-10-6-5-7-11-16)18(22)14(2)26-19(23)15-9-8-12-17(13-15)27(24,25)20-3/h5-14,20H,4H2,1-3H3/t14-/m0/s1. The second-order valence-electron chi connectivity index (χ2n) is 5.70. The van der Waals surface area contributed by atoms with Crippen LogP contribution in [0, 0.1) is 0 Å². The Kier molecular flexibility index (Phi) is 6.70. The van der Waals surface area contributed by atoms with Crippen LogP contribution in [0.3, 0.4) is 0 Å². The average molecular weight is 390 g/mol. The van der Waals surface area contributed by atoms with Crippen molar-refractivity contribution in [3.8, 4) is 0 Å². The van der Waals surface area contributed by atoms with Gasteiger partial charge in [0.1, 0.15) is 0 Å². The van der Waals surface area contributed by atoms with Crippen molar-refractivity contribution in [2.24, 2.45) is 0 Å². The highest BCUT2D eigenvalue weighted by Gasteiger charge is 2.25. The number of nitrogens with one attached hydrogen (secondary N) is 1. The highest BCUT2D eigenvalue weighted by Crippen LogP contribution is 2.17. The molecule has 8 heteroatoms. The first-order valence-corrected chi connectivity index (χ1v) is 9.89. The molecule has 2 aromatic rings. The summed E-state index contributed by atoms with van der Waals surface area (Å²) in [7, 11) is -2.40. The molecule has 144 valence electrons.